The molecule has 0 aromatic carbocycles. The summed E-state index contributed by atoms with van der Waals surface area (Å²) in [6.07, 6.45) is 5.67. The second kappa shape index (κ2) is 2.49. The van der Waals surface area contributed by atoms with Crippen LogP contribution in [0.3, 0.4) is 0 Å². The third-order valence-corrected chi connectivity index (χ3v) is 3.62. The molecule has 1 aliphatic heterocycles. The van der Waals surface area contributed by atoms with Crippen molar-refractivity contribution in [1.29, 1.82) is 0 Å². The number of nitrogens with one attached hydrogen (secondary N) is 1. The Morgan fingerprint density at radius 2 is 1.80 bits per heavy atom. The molecular weight excluding hydrogens is 190 g/mol. The van der Waals surface area contributed by atoms with Crippen molar-refractivity contribution in [1.82, 2.24) is 5.32 Å². The van der Waals surface area contributed by atoms with Gasteiger partial charge in [-0.3, -0.25) is 0 Å². The minimum atomic E-state index is 0.763. The van der Waals surface area contributed by atoms with E-state index in [1.165, 1.54) is 38.8 Å². The smallest absolute Gasteiger partial charge is 0.0156 e. The van der Waals surface area contributed by atoms with Crippen LogP contribution in [0.1, 0.15) is 25.7 Å². The van der Waals surface area contributed by atoms with Crippen LogP contribution in [0.15, 0.2) is 0 Å². The third-order valence-electron chi connectivity index (χ3n) is 2.97. The summed E-state index contributed by atoms with van der Waals surface area (Å²) in [7, 11) is 0. The van der Waals surface area contributed by atoms with E-state index in [0.29, 0.717) is 0 Å². The maximum Gasteiger partial charge on any atom is 0.0156 e. The van der Waals surface area contributed by atoms with Crippen molar-refractivity contribution in [3.8, 4) is 0 Å². The maximum absolute atomic E-state index is 3.65. The van der Waals surface area contributed by atoms with Gasteiger partial charge in [0.05, 0.1) is 0 Å². The van der Waals surface area contributed by atoms with Crippen molar-refractivity contribution in [2.45, 2.75) is 30.5 Å². The zero-order valence-corrected chi connectivity index (χ0v) is 7.78. The fourth-order valence-electron chi connectivity index (χ4n) is 2.25. The standard InChI is InChI=1S/C8H14BrN/c9-7-5-8(6-7)1-3-10-4-2-8/h7,10H,1-6H2. The summed E-state index contributed by atoms with van der Waals surface area (Å²) in [5.41, 5.74) is 0.763. The zero-order valence-electron chi connectivity index (χ0n) is 6.20. The van der Waals surface area contributed by atoms with Crippen molar-refractivity contribution in [3.05, 3.63) is 0 Å². The molecule has 1 nitrogen and oxygen atoms in total. The van der Waals surface area contributed by atoms with E-state index >= 15 is 0 Å². The molecule has 2 heteroatoms. The topological polar surface area (TPSA) is 12.0 Å². The molecule has 1 aliphatic carbocycles. The lowest BCUT2D eigenvalue weighted by Gasteiger charge is -2.48. The molecule has 2 fully saturated rings. The quantitative estimate of drug-likeness (QED) is 0.594. The van der Waals surface area contributed by atoms with Crippen LogP contribution in [-0.2, 0) is 0 Å². The highest BCUT2D eigenvalue weighted by atomic mass is 79.9. The summed E-state index contributed by atoms with van der Waals surface area (Å²) in [6, 6.07) is 0. The van der Waals surface area contributed by atoms with Gasteiger partial charge in [0.2, 0.25) is 0 Å². The fraction of sp³-hybridized carbons (Fsp3) is 1.00. The largest absolute Gasteiger partial charge is 0.317 e. The van der Waals surface area contributed by atoms with Gasteiger partial charge in [-0.2, -0.15) is 0 Å². The second-order valence-corrected chi connectivity index (χ2v) is 5.05. The van der Waals surface area contributed by atoms with Gasteiger partial charge in [0, 0.05) is 4.83 Å². The summed E-state index contributed by atoms with van der Waals surface area (Å²) < 4.78 is 0. The summed E-state index contributed by atoms with van der Waals surface area (Å²) >= 11 is 3.65. The van der Waals surface area contributed by atoms with Gasteiger partial charge < -0.3 is 5.32 Å². The van der Waals surface area contributed by atoms with Gasteiger partial charge >= 0.3 is 0 Å². The summed E-state index contributed by atoms with van der Waals surface area (Å²) in [4.78, 5) is 0.839. The van der Waals surface area contributed by atoms with Gasteiger partial charge in [-0.05, 0) is 44.2 Å². The molecule has 0 aromatic heterocycles. The second-order valence-electron chi connectivity index (χ2n) is 3.76. The predicted molar refractivity (Wildman–Crippen MR) is 46.5 cm³/mol. The molecule has 0 aromatic rings. The molecular formula is C8H14BrN. The van der Waals surface area contributed by atoms with Gasteiger partial charge in [0.25, 0.3) is 0 Å². The Morgan fingerprint density at radius 1 is 1.20 bits per heavy atom. The molecule has 0 amide bonds. The molecule has 58 valence electrons. The van der Waals surface area contributed by atoms with E-state index in [2.05, 4.69) is 21.2 Å². The number of hydrogen-bond acceptors (Lipinski definition) is 1. The average molecular weight is 204 g/mol. The van der Waals surface area contributed by atoms with E-state index in [4.69, 9.17) is 0 Å². The van der Waals surface area contributed by atoms with Crippen LogP contribution < -0.4 is 5.32 Å². The Kier molecular flexibility index (Phi) is 1.77. The molecule has 2 aliphatic rings. The SMILES string of the molecule is BrC1CC2(CCNCC2)C1. The Morgan fingerprint density at radius 3 is 2.30 bits per heavy atom. The molecule has 0 radical (unpaired) electrons. The first-order valence-electron chi connectivity index (χ1n) is 4.16. The number of alkyl halides is 1. The Bertz CT molecular complexity index is 114. The lowest BCUT2D eigenvalue weighted by molar-refractivity contribution is 0.0965. The molecule has 1 saturated carbocycles. The van der Waals surface area contributed by atoms with E-state index in [1.807, 2.05) is 0 Å². The van der Waals surface area contributed by atoms with Crippen molar-refractivity contribution >= 4 is 15.9 Å². The van der Waals surface area contributed by atoms with Gasteiger partial charge in [-0.15, -0.1) is 0 Å². The first-order valence-corrected chi connectivity index (χ1v) is 5.07. The van der Waals surface area contributed by atoms with Crippen molar-refractivity contribution < 1.29 is 0 Å². The Balaban J connectivity index is 1.90. The summed E-state index contributed by atoms with van der Waals surface area (Å²) in [6.45, 7) is 2.50. The number of halogens is 1. The molecule has 2 rings (SSSR count). The molecule has 10 heavy (non-hydrogen) atoms. The molecule has 1 N–H and O–H groups in total. The number of piperidine rings is 1. The van der Waals surface area contributed by atoms with E-state index in [9.17, 15) is 0 Å². The van der Waals surface area contributed by atoms with Crippen LogP contribution in [0.4, 0.5) is 0 Å². The van der Waals surface area contributed by atoms with E-state index < -0.39 is 0 Å². The number of rotatable bonds is 0. The average Bonchev–Trinajstić information content (AvgIpc) is 1.87. The zero-order chi connectivity index (χ0) is 7.03. The highest BCUT2D eigenvalue weighted by Gasteiger charge is 2.42. The lowest BCUT2D eigenvalue weighted by atomic mass is 9.63. The molecule has 1 spiro atoms. The van der Waals surface area contributed by atoms with Gasteiger partial charge in [0.1, 0.15) is 0 Å². The van der Waals surface area contributed by atoms with E-state index in [1.54, 1.807) is 0 Å². The third kappa shape index (κ3) is 1.12. The van der Waals surface area contributed by atoms with Crippen molar-refractivity contribution in [2.75, 3.05) is 13.1 Å². The predicted octanol–water partition coefficient (Wildman–Crippen LogP) is 1.91. The maximum atomic E-state index is 3.65. The molecule has 1 heterocycles. The molecule has 0 bridgehead atoms. The van der Waals surface area contributed by atoms with Crippen LogP contribution in [-0.4, -0.2) is 17.9 Å². The normalized spacial score (nSPS) is 32.1. The minimum absolute atomic E-state index is 0.763. The van der Waals surface area contributed by atoms with Gasteiger partial charge in [0.15, 0.2) is 0 Å². The van der Waals surface area contributed by atoms with Crippen LogP contribution >= 0.6 is 15.9 Å². The Labute approximate surface area is 70.7 Å². The van der Waals surface area contributed by atoms with Crippen molar-refractivity contribution in [2.24, 2.45) is 5.41 Å². The highest BCUT2D eigenvalue weighted by Crippen LogP contribution is 2.50. The molecule has 0 atom stereocenters. The first-order chi connectivity index (χ1) is 4.81. The van der Waals surface area contributed by atoms with E-state index in [-0.39, 0.29) is 0 Å². The molecule has 1 saturated heterocycles. The first kappa shape index (κ1) is 7.11. The summed E-state index contributed by atoms with van der Waals surface area (Å²) in [5.74, 6) is 0. The molecule has 0 unspecified atom stereocenters. The van der Waals surface area contributed by atoms with Crippen molar-refractivity contribution in [3.63, 3.8) is 0 Å². The summed E-state index contributed by atoms with van der Waals surface area (Å²) in [5, 5.41) is 3.41. The monoisotopic (exact) mass is 203 g/mol. The highest BCUT2D eigenvalue weighted by molar-refractivity contribution is 9.09. The van der Waals surface area contributed by atoms with Crippen LogP contribution in [0.2, 0.25) is 0 Å². The number of hydrogen-bond donors (Lipinski definition) is 1. The lowest BCUT2D eigenvalue weighted by Crippen LogP contribution is -2.45. The minimum Gasteiger partial charge on any atom is -0.317 e. The Hall–Kier alpha value is 0.440. The van der Waals surface area contributed by atoms with Gasteiger partial charge in [-0.25, -0.2) is 0 Å². The van der Waals surface area contributed by atoms with E-state index in [0.717, 1.165) is 10.2 Å². The fourth-order valence-corrected chi connectivity index (χ4v) is 3.62. The van der Waals surface area contributed by atoms with Gasteiger partial charge in [-0.1, -0.05) is 15.9 Å². The van der Waals surface area contributed by atoms with Crippen LogP contribution in [0.5, 0.6) is 0 Å². The van der Waals surface area contributed by atoms with Crippen LogP contribution in [0.25, 0.3) is 0 Å². The van der Waals surface area contributed by atoms with Crippen LogP contribution in [0, 0.1) is 5.41 Å².